The summed E-state index contributed by atoms with van der Waals surface area (Å²) in [7, 11) is 0. The second-order valence-corrected chi connectivity index (χ2v) is 5.74. The van der Waals surface area contributed by atoms with Gasteiger partial charge < -0.3 is 10.4 Å². The summed E-state index contributed by atoms with van der Waals surface area (Å²) < 4.78 is 14.7. The Balaban J connectivity index is 0.00000200. The molecule has 21 heavy (non-hydrogen) atoms. The number of phenols is 1. The van der Waals surface area contributed by atoms with Crippen LogP contribution in [0.3, 0.4) is 0 Å². The molecule has 0 radical (unpaired) electrons. The molecule has 0 bridgehead atoms. The predicted octanol–water partition coefficient (Wildman–Crippen LogP) is 3.88. The average Bonchev–Trinajstić information content (AvgIpc) is 2.43. The zero-order valence-corrected chi connectivity index (χ0v) is 15.2. The number of piperazine rings is 1. The van der Waals surface area contributed by atoms with Crippen LogP contribution in [0.25, 0.3) is 0 Å². The Morgan fingerprint density at radius 3 is 2.52 bits per heavy atom. The first-order valence-corrected chi connectivity index (χ1v) is 7.56. The number of nitrogens with zero attached hydrogens (tertiary/aromatic N) is 1. The molecular weight excluding hydrogens is 382 g/mol. The molecule has 1 aromatic carbocycles. The number of aromatic hydroxyl groups is 1. The van der Waals surface area contributed by atoms with Crippen molar-refractivity contribution in [3.05, 3.63) is 28.0 Å². The summed E-state index contributed by atoms with van der Waals surface area (Å²) in [6.45, 7) is 5.68. The van der Waals surface area contributed by atoms with Gasteiger partial charge >= 0.3 is 0 Å². The summed E-state index contributed by atoms with van der Waals surface area (Å²) >= 11 is 3.28. The van der Waals surface area contributed by atoms with E-state index in [1.165, 1.54) is 6.07 Å². The summed E-state index contributed by atoms with van der Waals surface area (Å²) in [6, 6.07) is 2.92. The number of halogens is 4. The zero-order valence-electron chi connectivity index (χ0n) is 11.9. The Kier molecular flexibility index (Phi) is 9.81. The molecule has 1 atom stereocenters. The van der Waals surface area contributed by atoms with Gasteiger partial charge in [0.25, 0.3) is 0 Å². The summed E-state index contributed by atoms with van der Waals surface area (Å²) in [5.41, 5.74) is 0.429. The Bertz CT molecular complexity index is 445. The van der Waals surface area contributed by atoms with Crippen molar-refractivity contribution in [1.29, 1.82) is 0 Å². The molecular formula is C14H22BrCl2FN2O. The maximum atomic E-state index is 14.1. The van der Waals surface area contributed by atoms with E-state index in [0.29, 0.717) is 10.0 Å². The Morgan fingerprint density at radius 2 is 1.95 bits per heavy atom. The Hall–Kier alpha value is -0.0700. The van der Waals surface area contributed by atoms with Crippen molar-refractivity contribution >= 4 is 40.7 Å². The third-order valence-electron chi connectivity index (χ3n) is 3.60. The fourth-order valence-electron chi connectivity index (χ4n) is 2.65. The topological polar surface area (TPSA) is 35.5 Å². The smallest absolute Gasteiger partial charge is 0.137 e. The lowest BCUT2D eigenvalue weighted by Crippen LogP contribution is -2.45. The maximum Gasteiger partial charge on any atom is 0.137 e. The van der Waals surface area contributed by atoms with Crippen LogP contribution in [0, 0.1) is 5.82 Å². The van der Waals surface area contributed by atoms with Gasteiger partial charge in [0.15, 0.2) is 0 Å². The molecule has 1 aliphatic heterocycles. The lowest BCUT2D eigenvalue weighted by molar-refractivity contribution is 0.158. The first-order chi connectivity index (χ1) is 9.15. The van der Waals surface area contributed by atoms with Crippen LogP contribution in [0.4, 0.5) is 4.39 Å². The van der Waals surface area contributed by atoms with E-state index in [1.807, 2.05) is 0 Å². The predicted molar refractivity (Wildman–Crippen MR) is 92.4 cm³/mol. The quantitative estimate of drug-likeness (QED) is 0.800. The standard InChI is InChI=1S/C14H20BrFN2O.2ClH/c1-2-3-12(18-8-6-17-7-9-18)13-11(16)5-4-10(15)14(13)19;;/h4-5,12,17,19H,2-3,6-9H2,1H3;2*1H/t12-;;/m1../s1. The largest absolute Gasteiger partial charge is 0.506 e. The lowest BCUT2D eigenvalue weighted by atomic mass is 9.98. The van der Waals surface area contributed by atoms with E-state index >= 15 is 0 Å². The van der Waals surface area contributed by atoms with Crippen LogP contribution in [0.15, 0.2) is 16.6 Å². The van der Waals surface area contributed by atoms with Gasteiger partial charge in [0.05, 0.1) is 4.47 Å². The minimum Gasteiger partial charge on any atom is -0.506 e. The van der Waals surface area contributed by atoms with Gasteiger partial charge in [-0.05, 0) is 34.5 Å². The normalized spacial score (nSPS) is 16.7. The molecule has 2 rings (SSSR count). The summed E-state index contributed by atoms with van der Waals surface area (Å²) in [5.74, 6) is -0.283. The lowest BCUT2D eigenvalue weighted by Gasteiger charge is -2.35. The van der Waals surface area contributed by atoms with Gasteiger partial charge in [0, 0.05) is 37.8 Å². The highest BCUT2D eigenvalue weighted by molar-refractivity contribution is 9.10. The monoisotopic (exact) mass is 402 g/mol. The van der Waals surface area contributed by atoms with E-state index in [0.717, 1.165) is 39.0 Å². The van der Waals surface area contributed by atoms with Crippen molar-refractivity contribution in [2.45, 2.75) is 25.8 Å². The summed E-state index contributed by atoms with van der Waals surface area (Å²) in [4.78, 5) is 2.25. The van der Waals surface area contributed by atoms with E-state index in [1.54, 1.807) is 6.07 Å². The van der Waals surface area contributed by atoms with Crippen LogP contribution in [-0.2, 0) is 0 Å². The fraction of sp³-hybridized carbons (Fsp3) is 0.571. The highest BCUT2D eigenvalue weighted by Gasteiger charge is 2.27. The van der Waals surface area contributed by atoms with Crippen LogP contribution in [-0.4, -0.2) is 36.2 Å². The zero-order chi connectivity index (χ0) is 13.8. The van der Waals surface area contributed by atoms with E-state index in [2.05, 4.69) is 33.1 Å². The molecule has 0 amide bonds. The molecule has 1 fully saturated rings. The van der Waals surface area contributed by atoms with Gasteiger partial charge in [-0.15, -0.1) is 24.8 Å². The van der Waals surface area contributed by atoms with Crippen LogP contribution < -0.4 is 5.32 Å². The van der Waals surface area contributed by atoms with Crippen molar-refractivity contribution in [1.82, 2.24) is 10.2 Å². The van der Waals surface area contributed by atoms with Gasteiger partial charge in [-0.3, -0.25) is 4.90 Å². The second-order valence-electron chi connectivity index (χ2n) is 4.88. The van der Waals surface area contributed by atoms with E-state index in [-0.39, 0.29) is 42.4 Å². The molecule has 0 spiro atoms. The number of benzene rings is 1. The first kappa shape index (κ1) is 20.9. The molecule has 7 heteroatoms. The minimum atomic E-state index is -0.322. The Morgan fingerprint density at radius 1 is 1.33 bits per heavy atom. The summed E-state index contributed by atoms with van der Waals surface area (Å²) in [6.07, 6.45) is 1.81. The number of rotatable bonds is 4. The molecule has 1 aliphatic rings. The Labute approximate surface area is 146 Å². The number of hydrogen-bond acceptors (Lipinski definition) is 3. The molecule has 0 unspecified atom stereocenters. The fourth-order valence-corrected chi connectivity index (χ4v) is 3.00. The molecule has 0 aliphatic carbocycles. The van der Waals surface area contributed by atoms with Crippen LogP contribution in [0.2, 0.25) is 0 Å². The molecule has 3 nitrogen and oxygen atoms in total. The highest BCUT2D eigenvalue weighted by Crippen LogP contribution is 2.38. The van der Waals surface area contributed by atoms with Crippen LogP contribution >= 0.6 is 40.7 Å². The van der Waals surface area contributed by atoms with Crippen molar-refractivity contribution < 1.29 is 9.50 Å². The van der Waals surface area contributed by atoms with Gasteiger partial charge in [0.1, 0.15) is 11.6 Å². The van der Waals surface area contributed by atoms with Gasteiger partial charge in [-0.25, -0.2) is 4.39 Å². The van der Waals surface area contributed by atoms with Crippen LogP contribution in [0.1, 0.15) is 31.4 Å². The number of nitrogens with one attached hydrogen (secondary N) is 1. The molecule has 1 heterocycles. The van der Waals surface area contributed by atoms with Crippen molar-refractivity contribution in [2.75, 3.05) is 26.2 Å². The van der Waals surface area contributed by atoms with Gasteiger partial charge in [-0.2, -0.15) is 0 Å². The maximum absolute atomic E-state index is 14.1. The van der Waals surface area contributed by atoms with Crippen molar-refractivity contribution in [3.8, 4) is 5.75 Å². The second kappa shape index (κ2) is 9.85. The number of hydrogen-bond donors (Lipinski definition) is 2. The minimum absolute atomic E-state index is 0. The third kappa shape index (κ3) is 4.96. The van der Waals surface area contributed by atoms with E-state index < -0.39 is 0 Å². The van der Waals surface area contributed by atoms with Crippen molar-refractivity contribution in [2.24, 2.45) is 0 Å². The molecule has 2 N–H and O–H groups in total. The van der Waals surface area contributed by atoms with Crippen molar-refractivity contribution in [3.63, 3.8) is 0 Å². The van der Waals surface area contributed by atoms with Gasteiger partial charge in [-0.1, -0.05) is 13.3 Å². The molecule has 1 aromatic rings. The van der Waals surface area contributed by atoms with Crippen LogP contribution in [0.5, 0.6) is 5.75 Å². The third-order valence-corrected chi connectivity index (χ3v) is 4.24. The van der Waals surface area contributed by atoms with Gasteiger partial charge in [0.2, 0.25) is 0 Å². The number of phenolic OH excluding ortho intramolecular Hbond substituents is 1. The highest BCUT2D eigenvalue weighted by atomic mass is 79.9. The average molecular weight is 404 g/mol. The molecule has 122 valence electrons. The summed E-state index contributed by atoms with van der Waals surface area (Å²) in [5, 5.41) is 13.5. The first-order valence-electron chi connectivity index (χ1n) is 6.76. The SMILES string of the molecule is CCC[C@H](c1c(F)ccc(Br)c1O)N1CCNCC1.Cl.Cl. The van der Waals surface area contributed by atoms with E-state index in [4.69, 9.17) is 0 Å². The molecule has 0 saturated carbocycles. The molecule has 0 aromatic heterocycles. The molecule has 1 saturated heterocycles. The van der Waals surface area contributed by atoms with E-state index in [9.17, 15) is 9.50 Å².